The lowest BCUT2D eigenvalue weighted by Crippen LogP contribution is -2.47. The summed E-state index contributed by atoms with van der Waals surface area (Å²) in [5.74, 6) is 1.44. The van der Waals surface area contributed by atoms with Crippen molar-refractivity contribution in [3.63, 3.8) is 0 Å². The molecule has 32 heavy (non-hydrogen) atoms. The van der Waals surface area contributed by atoms with Gasteiger partial charge in [-0.15, -0.1) is 0 Å². The van der Waals surface area contributed by atoms with Gasteiger partial charge < -0.3 is 15.4 Å². The van der Waals surface area contributed by atoms with Gasteiger partial charge in [-0.3, -0.25) is 9.69 Å². The van der Waals surface area contributed by atoms with Gasteiger partial charge in [0.25, 0.3) is 0 Å². The quantitative estimate of drug-likeness (QED) is 0.651. The van der Waals surface area contributed by atoms with E-state index in [0.29, 0.717) is 17.4 Å². The molecule has 2 saturated heterocycles. The predicted molar refractivity (Wildman–Crippen MR) is 129 cm³/mol. The van der Waals surface area contributed by atoms with Gasteiger partial charge in [-0.05, 0) is 80.4 Å². The molecule has 4 rings (SSSR count). The number of carbonyl (C=O) groups is 1. The Labute approximate surface area is 196 Å². The Hall–Kier alpha value is -2.08. The van der Waals surface area contributed by atoms with Gasteiger partial charge in [0.1, 0.15) is 12.4 Å². The zero-order chi connectivity index (χ0) is 22.3. The lowest BCUT2D eigenvalue weighted by molar-refractivity contribution is -0.133. The molecular formula is C26H34ClN3O2. The van der Waals surface area contributed by atoms with Crippen molar-refractivity contribution in [3.8, 4) is 5.75 Å². The number of benzene rings is 2. The van der Waals surface area contributed by atoms with Crippen molar-refractivity contribution in [2.24, 2.45) is 5.73 Å². The average molecular weight is 456 g/mol. The fourth-order valence-corrected chi connectivity index (χ4v) is 4.97. The van der Waals surface area contributed by atoms with E-state index in [9.17, 15) is 4.79 Å². The Morgan fingerprint density at radius 2 is 1.72 bits per heavy atom. The number of ether oxygens (including phenoxy) is 1. The number of amides is 1. The molecule has 2 heterocycles. The van der Waals surface area contributed by atoms with E-state index in [-0.39, 0.29) is 5.91 Å². The number of para-hydroxylation sites is 1. The summed E-state index contributed by atoms with van der Waals surface area (Å²) in [5.41, 5.74) is 8.55. The monoisotopic (exact) mass is 455 g/mol. The second-order valence-corrected chi connectivity index (χ2v) is 9.41. The molecule has 172 valence electrons. The molecule has 0 aliphatic carbocycles. The van der Waals surface area contributed by atoms with Crippen molar-refractivity contribution in [2.45, 2.75) is 44.1 Å². The molecule has 0 unspecified atom stereocenters. The number of piperidine rings is 1. The van der Waals surface area contributed by atoms with Crippen molar-refractivity contribution < 1.29 is 9.53 Å². The molecule has 0 aromatic heterocycles. The van der Waals surface area contributed by atoms with Crippen molar-refractivity contribution >= 4 is 17.5 Å². The first-order chi connectivity index (χ1) is 15.6. The van der Waals surface area contributed by atoms with Crippen LogP contribution in [0.1, 0.15) is 42.7 Å². The molecule has 6 heteroatoms. The Balaban J connectivity index is 1.28. The molecule has 1 atom stereocenters. The maximum atomic E-state index is 12.9. The number of nitrogens with zero attached hydrogens (tertiary/aromatic N) is 2. The van der Waals surface area contributed by atoms with E-state index in [2.05, 4.69) is 23.1 Å². The summed E-state index contributed by atoms with van der Waals surface area (Å²) in [4.78, 5) is 17.3. The zero-order valence-electron chi connectivity index (χ0n) is 18.7. The molecule has 2 fully saturated rings. The number of hydrogen-bond donors (Lipinski definition) is 1. The molecule has 2 aliphatic rings. The van der Waals surface area contributed by atoms with E-state index in [1.54, 1.807) is 0 Å². The number of nitrogens with two attached hydrogens (primary N) is 1. The smallest absolute Gasteiger partial charge is 0.239 e. The van der Waals surface area contributed by atoms with Gasteiger partial charge in [0.2, 0.25) is 5.91 Å². The van der Waals surface area contributed by atoms with Crippen LogP contribution in [0.3, 0.4) is 0 Å². The average Bonchev–Trinajstić information content (AvgIpc) is 3.34. The molecule has 5 nitrogen and oxygen atoms in total. The summed E-state index contributed by atoms with van der Waals surface area (Å²) in [6, 6.07) is 15.4. The highest BCUT2D eigenvalue weighted by atomic mass is 35.5. The fourth-order valence-electron chi connectivity index (χ4n) is 4.85. The third kappa shape index (κ3) is 6.03. The van der Waals surface area contributed by atoms with E-state index in [0.717, 1.165) is 50.4 Å². The second kappa shape index (κ2) is 11.2. The van der Waals surface area contributed by atoms with Gasteiger partial charge >= 0.3 is 0 Å². The van der Waals surface area contributed by atoms with Crippen LogP contribution < -0.4 is 10.5 Å². The molecule has 0 bridgehead atoms. The first-order valence-corrected chi connectivity index (χ1v) is 12.2. The summed E-state index contributed by atoms with van der Waals surface area (Å²) in [5, 5.41) is 0.691. The molecule has 2 N–H and O–H groups in total. The highest BCUT2D eigenvalue weighted by Gasteiger charge is 2.28. The largest absolute Gasteiger partial charge is 0.492 e. The molecule has 0 radical (unpaired) electrons. The van der Waals surface area contributed by atoms with Crippen LogP contribution in [-0.4, -0.2) is 61.1 Å². The highest BCUT2D eigenvalue weighted by Crippen LogP contribution is 2.34. The number of hydrogen-bond acceptors (Lipinski definition) is 4. The first-order valence-electron chi connectivity index (χ1n) is 11.8. The van der Waals surface area contributed by atoms with Crippen LogP contribution in [0.5, 0.6) is 5.75 Å². The maximum Gasteiger partial charge on any atom is 0.239 e. The predicted octanol–water partition coefficient (Wildman–Crippen LogP) is 4.09. The fraction of sp³-hybridized carbons (Fsp3) is 0.500. The summed E-state index contributed by atoms with van der Waals surface area (Å²) in [6.07, 6.45) is 5.01. The number of carbonyl (C=O) groups excluding carboxylic acids is 1. The van der Waals surface area contributed by atoms with Crippen molar-refractivity contribution in [3.05, 3.63) is 64.7 Å². The minimum absolute atomic E-state index is 0.0357. The maximum absolute atomic E-state index is 12.9. The van der Waals surface area contributed by atoms with Crippen LogP contribution in [0.4, 0.5) is 0 Å². The first kappa shape index (κ1) is 23.1. The summed E-state index contributed by atoms with van der Waals surface area (Å²) in [7, 11) is 0. The van der Waals surface area contributed by atoms with Gasteiger partial charge in [-0.2, -0.15) is 0 Å². The standard InChI is InChI=1S/C26H34ClN3O2/c27-22-9-7-20(8-10-22)19-24(28)26(31)30-15-11-21(12-16-30)23-5-1-2-6-25(23)32-18-17-29-13-3-4-14-29/h1-2,5-10,21,24H,3-4,11-19,28H2/t24-/m1/s1. The van der Waals surface area contributed by atoms with E-state index in [1.807, 2.05) is 35.2 Å². The van der Waals surface area contributed by atoms with Crippen molar-refractivity contribution in [2.75, 3.05) is 39.3 Å². The zero-order valence-corrected chi connectivity index (χ0v) is 19.5. The SMILES string of the molecule is N[C@H](Cc1ccc(Cl)cc1)C(=O)N1CCC(c2ccccc2OCCN2CCCC2)CC1. The number of halogens is 1. The van der Waals surface area contributed by atoms with Gasteiger partial charge in [0.05, 0.1) is 6.04 Å². The van der Waals surface area contributed by atoms with Crippen LogP contribution in [0.25, 0.3) is 0 Å². The van der Waals surface area contributed by atoms with E-state index in [4.69, 9.17) is 22.1 Å². The van der Waals surface area contributed by atoms with E-state index in [1.165, 1.54) is 31.5 Å². The Morgan fingerprint density at radius 3 is 2.44 bits per heavy atom. The van der Waals surface area contributed by atoms with Gasteiger partial charge in [0.15, 0.2) is 0 Å². The normalized spacial score (nSPS) is 18.6. The molecular weight excluding hydrogens is 422 g/mol. The van der Waals surface area contributed by atoms with E-state index >= 15 is 0 Å². The molecule has 2 aromatic carbocycles. The highest BCUT2D eigenvalue weighted by molar-refractivity contribution is 6.30. The van der Waals surface area contributed by atoms with Crippen LogP contribution >= 0.6 is 11.6 Å². The topological polar surface area (TPSA) is 58.8 Å². The van der Waals surface area contributed by atoms with Gasteiger partial charge in [-0.25, -0.2) is 0 Å². The minimum atomic E-state index is -0.520. The number of likely N-dealkylation sites (tertiary alicyclic amines) is 2. The lowest BCUT2D eigenvalue weighted by atomic mass is 9.88. The Bertz CT molecular complexity index is 875. The molecule has 0 saturated carbocycles. The third-order valence-electron chi connectivity index (χ3n) is 6.72. The number of rotatable bonds is 8. The van der Waals surface area contributed by atoms with Crippen LogP contribution in [-0.2, 0) is 11.2 Å². The summed E-state index contributed by atoms with van der Waals surface area (Å²) < 4.78 is 6.19. The molecule has 2 aliphatic heterocycles. The Morgan fingerprint density at radius 1 is 1.03 bits per heavy atom. The van der Waals surface area contributed by atoms with Gasteiger partial charge in [-0.1, -0.05) is 41.9 Å². The van der Waals surface area contributed by atoms with E-state index < -0.39 is 6.04 Å². The Kier molecular flexibility index (Phi) is 8.06. The minimum Gasteiger partial charge on any atom is -0.492 e. The van der Waals surface area contributed by atoms with Crippen LogP contribution in [0, 0.1) is 0 Å². The molecule has 1 amide bonds. The molecule has 2 aromatic rings. The van der Waals surface area contributed by atoms with Gasteiger partial charge in [0, 0.05) is 24.7 Å². The van der Waals surface area contributed by atoms with Crippen molar-refractivity contribution in [1.82, 2.24) is 9.80 Å². The lowest BCUT2D eigenvalue weighted by Gasteiger charge is -2.34. The molecule has 0 spiro atoms. The second-order valence-electron chi connectivity index (χ2n) is 8.97. The van der Waals surface area contributed by atoms with Crippen LogP contribution in [0.2, 0.25) is 5.02 Å². The van der Waals surface area contributed by atoms with Crippen LogP contribution in [0.15, 0.2) is 48.5 Å². The summed E-state index contributed by atoms with van der Waals surface area (Å²) in [6.45, 7) is 5.58. The van der Waals surface area contributed by atoms with Crippen molar-refractivity contribution in [1.29, 1.82) is 0 Å². The third-order valence-corrected chi connectivity index (χ3v) is 6.97. The summed E-state index contributed by atoms with van der Waals surface area (Å²) >= 11 is 5.95.